The van der Waals surface area contributed by atoms with E-state index in [0.29, 0.717) is 35.0 Å². The second-order valence-electron chi connectivity index (χ2n) is 9.07. The van der Waals surface area contributed by atoms with Gasteiger partial charge in [-0.05, 0) is 55.7 Å². The number of amides is 1. The monoisotopic (exact) mass is 520 g/mol. The number of carbonyl (C=O) groups excluding carboxylic acids is 1. The van der Waals surface area contributed by atoms with E-state index in [0.717, 1.165) is 6.07 Å². The lowest BCUT2D eigenvalue weighted by Gasteiger charge is -2.15. The Hall–Kier alpha value is -4.73. The number of phenolic OH excluding ortho intramolecular Hbond substituents is 1. The van der Waals surface area contributed by atoms with E-state index < -0.39 is 23.0 Å². The molecule has 38 heavy (non-hydrogen) atoms. The third-order valence-electron chi connectivity index (χ3n) is 6.49. The minimum Gasteiger partial charge on any atom is -0.504 e. The summed E-state index contributed by atoms with van der Waals surface area (Å²) in [7, 11) is 1.42. The molecule has 194 valence electrons. The lowest BCUT2D eigenvalue weighted by atomic mass is 10.1. The zero-order valence-electron chi connectivity index (χ0n) is 20.5. The van der Waals surface area contributed by atoms with Gasteiger partial charge < -0.3 is 25.0 Å². The first-order valence-corrected chi connectivity index (χ1v) is 11.7. The number of halogens is 2. The molecule has 0 aliphatic heterocycles. The molecule has 0 bridgehead atoms. The number of hydrogen-bond acceptors (Lipinski definition) is 5. The van der Waals surface area contributed by atoms with Crippen LogP contribution in [0.25, 0.3) is 10.9 Å². The van der Waals surface area contributed by atoms with Gasteiger partial charge in [-0.3, -0.25) is 9.78 Å². The van der Waals surface area contributed by atoms with Crippen LogP contribution >= 0.6 is 0 Å². The number of rotatable bonds is 7. The van der Waals surface area contributed by atoms with Crippen LogP contribution in [0.1, 0.15) is 18.4 Å². The molecule has 1 aliphatic rings. The topological polar surface area (TPSA) is 115 Å². The summed E-state index contributed by atoms with van der Waals surface area (Å²) in [6, 6.07) is 12.5. The number of ether oxygens (including phenoxy) is 2. The molecule has 3 aromatic carbocycles. The van der Waals surface area contributed by atoms with Crippen molar-refractivity contribution in [3.05, 3.63) is 78.0 Å². The normalized spacial score (nSPS) is 14.3. The standard InChI is InChI=1S/C28H23F2N3O5/c1-15-11-24(38-23-7-10-31-21-14-25(37-2)22(34)12-18(21)23)19(30)13-20(15)33-27(36)28(8-9-28)26(35)32-17-5-3-16(29)4-6-17/h3-7,10-14,34H,8-9H2,1-2H3,(H,32,35)(H,33,36)/p+1. The fourth-order valence-electron chi connectivity index (χ4n) is 4.10. The first kappa shape index (κ1) is 24.9. The van der Waals surface area contributed by atoms with Crippen molar-refractivity contribution in [1.29, 1.82) is 0 Å². The maximum absolute atomic E-state index is 15.1. The number of aliphatic hydroxyl groups is 1. The van der Waals surface area contributed by atoms with Gasteiger partial charge in [-0.2, -0.15) is 4.99 Å². The molecule has 5 rings (SSSR count). The zero-order valence-corrected chi connectivity index (χ0v) is 20.5. The van der Waals surface area contributed by atoms with Gasteiger partial charge in [0.15, 0.2) is 28.5 Å². The first-order chi connectivity index (χ1) is 18.2. The molecule has 0 radical (unpaired) electrons. The maximum atomic E-state index is 15.1. The Bertz CT molecular complexity index is 1580. The summed E-state index contributed by atoms with van der Waals surface area (Å²) < 4.78 is 39.2. The third-order valence-corrected chi connectivity index (χ3v) is 6.49. The molecule has 4 N–H and O–H groups in total. The van der Waals surface area contributed by atoms with E-state index >= 15 is 4.39 Å². The molecule has 1 saturated carbocycles. The molecular formula is C28H24F2N3O5+. The predicted molar refractivity (Wildman–Crippen MR) is 136 cm³/mol. The van der Waals surface area contributed by atoms with Crippen molar-refractivity contribution in [3.63, 3.8) is 0 Å². The van der Waals surface area contributed by atoms with Crippen molar-refractivity contribution in [2.24, 2.45) is 5.41 Å². The molecular weight excluding hydrogens is 496 g/mol. The largest absolute Gasteiger partial charge is 0.504 e. The lowest BCUT2D eigenvalue weighted by molar-refractivity contribution is -0.370. The number of methoxy groups -OCH3 is 1. The molecule has 4 aromatic rings. The first-order valence-electron chi connectivity index (χ1n) is 11.7. The van der Waals surface area contributed by atoms with Crippen molar-refractivity contribution in [3.8, 4) is 23.0 Å². The molecule has 10 heteroatoms. The molecule has 1 amide bonds. The Morgan fingerprint density at radius 2 is 1.79 bits per heavy atom. The summed E-state index contributed by atoms with van der Waals surface area (Å²) in [5, 5.41) is 23.9. The van der Waals surface area contributed by atoms with Crippen LogP contribution in [0.3, 0.4) is 0 Å². The molecule has 1 heterocycles. The van der Waals surface area contributed by atoms with Gasteiger partial charge >= 0.3 is 5.90 Å². The number of carbonyl (C=O) groups is 1. The highest BCUT2D eigenvalue weighted by molar-refractivity contribution is 6.11. The summed E-state index contributed by atoms with van der Waals surface area (Å²) in [6.45, 7) is 1.68. The smallest absolute Gasteiger partial charge is 0.354 e. The van der Waals surface area contributed by atoms with Crippen molar-refractivity contribution in [2.75, 3.05) is 12.4 Å². The van der Waals surface area contributed by atoms with E-state index in [1.807, 2.05) is 0 Å². The predicted octanol–water partition coefficient (Wildman–Crippen LogP) is 4.42. The van der Waals surface area contributed by atoms with Crippen LogP contribution in [0, 0.1) is 24.0 Å². The van der Waals surface area contributed by atoms with Crippen molar-refractivity contribution >= 4 is 34.1 Å². The van der Waals surface area contributed by atoms with Crippen molar-refractivity contribution in [1.82, 2.24) is 4.98 Å². The van der Waals surface area contributed by atoms with E-state index in [2.05, 4.69) is 15.3 Å². The average Bonchev–Trinajstić information content (AvgIpc) is 3.71. The van der Waals surface area contributed by atoms with Gasteiger partial charge in [-0.15, -0.1) is 0 Å². The number of nitrogens with one attached hydrogen (secondary N) is 2. The van der Waals surface area contributed by atoms with Gasteiger partial charge in [-0.25, -0.2) is 8.78 Å². The van der Waals surface area contributed by atoms with Gasteiger partial charge in [0, 0.05) is 41.5 Å². The number of anilines is 1. The number of phenols is 1. The van der Waals surface area contributed by atoms with Gasteiger partial charge in [-0.1, -0.05) is 0 Å². The minimum absolute atomic E-state index is 0.0863. The van der Waals surface area contributed by atoms with Crippen LogP contribution in [0.2, 0.25) is 0 Å². The molecule has 0 spiro atoms. The highest BCUT2D eigenvalue weighted by Gasteiger charge is 2.59. The number of aromatic nitrogens is 1. The van der Waals surface area contributed by atoms with E-state index in [4.69, 9.17) is 9.47 Å². The Labute approximate surface area is 216 Å². The summed E-state index contributed by atoms with van der Waals surface area (Å²) in [4.78, 5) is 20.0. The van der Waals surface area contributed by atoms with E-state index in [1.54, 1.807) is 19.1 Å². The number of nitrogens with zero attached hydrogens (tertiary/aromatic N) is 1. The summed E-state index contributed by atoms with van der Waals surface area (Å²) >= 11 is 0. The molecule has 0 atom stereocenters. The van der Waals surface area contributed by atoms with Gasteiger partial charge in [0.2, 0.25) is 11.6 Å². The van der Waals surface area contributed by atoms with E-state index in [9.17, 15) is 19.4 Å². The molecule has 1 aromatic heterocycles. The highest BCUT2D eigenvalue weighted by atomic mass is 19.1. The van der Waals surface area contributed by atoms with Gasteiger partial charge in [0.25, 0.3) is 0 Å². The van der Waals surface area contributed by atoms with E-state index in [-0.39, 0.29) is 34.6 Å². The summed E-state index contributed by atoms with van der Waals surface area (Å²) in [5.74, 6) is -1.59. The molecule has 8 nitrogen and oxygen atoms in total. The second-order valence-corrected chi connectivity index (χ2v) is 9.07. The number of pyridine rings is 1. The SMILES string of the molecule is COc1cc2nccc(Oc3cc(C)c(NC(=O)C4(C(O)=[NH+]c5ccc(F)cc5)CC4)cc3F)c2cc1O. The Balaban J connectivity index is 1.37. The Kier molecular flexibility index (Phi) is 6.31. The number of aryl methyl sites for hydroxylation is 1. The summed E-state index contributed by atoms with van der Waals surface area (Å²) in [6.07, 6.45) is 2.29. The van der Waals surface area contributed by atoms with Gasteiger partial charge in [0.1, 0.15) is 11.6 Å². The van der Waals surface area contributed by atoms with Crippen LogP contribution in [0.15, 0.2) is 60.8 Å². The number of benzene rings is 3. The minimum atomic E-state index is -1.18. The fraction of sp³-hybridized carbons (Fsp3) is 0.179. The molecule has 0 unspecified atom stereocenters. The summed E-state index contributed by atoms with van der Waals surface area (Å²) in [5.41, 5.74) is 0.494. The average molecular weight is 521 g/mol. The van der Waals surface area contributed by atoms with Gasteiger partial charge in [0.05, 0.1) is 12.6 Å². The van der Waals surface area contributed by atoms with Crippen LogP contribution in [-0.4, -0.2) is 34.1 Å². The van der Waals surface area contributed by atoms with Crippen molar-refractivity contribution in [2.45, 2.75) is 19.8 Å². The quantitative estimate of drug-likeness (QED) is 0.212. The van der Waals surface area contributed by atoms with Crippen LogP contribution in [-0.2, 0) is 4.79 Å². The van der Waals surface area contributed by atoms with Crippen LogP contribution in [0.4, 0.5) is 20.2 Å². The van der Waals surface area contributed by atoms with Crippen LogP contribution in [0.5, 0.6) is 23.0 Å². The number of aliphatic hydroxyl groups excluding tert-OH is 1. The molecule has 1 aliphatic carbocycles. The van der Waals surface area contributed by atoms with Crippen LogP contribution < -0.4 is 19.8 Å². The Morgan fingerprint density at radius 3 is 2.47 bits per heavy atom. The fourth-order valence-corrected chi connectivity index (χ4v) is 4.10. The molecule has 0 saturated heterocycles. The number of aromatic hydroxyl groups is 1. The number of hydrogen-bond donors (Lipinski definition) is 4. The second kappa shape index (κ2) is 9.62. The third kappa shape index (κ3) is 4.68. The number of fused-ring (bicyclic) bond motifs is 1. The van der Waals surface area contributed by atoms with E-state index in [1.165, 1.54) is 49.7 Å². The van der Waals surface area contributed by atoms with Crippen molar-refractivity contribution < 1.29 is 38.3 Å². The molecule has 1 fully saturated rings. The Morgan fingerprint density at radius 1 is 1.05 bits per heavy atom. The lowest BCUT2D eigenvalue weighted by Crippen LogP contribution is -2.69. The zero-order chi connectivity index (χ0) is 27.0. The highest BCUT2D eigenvalue weighted by Crippen LogP contribution is 2.47. The maximum Gasteiger partial charge on any atom is 0.354 e.